The second-order valence-electron chi connectivity index (χ2n) is 7.07. The smallest absolute Gasteiger partial charge is 0.282 e. The van der Waals surface area contributed by atoms with E-state index in [1.807, 2.05) is 0 Å². The molecule has 172 valence electrons. The van der Waals surface area contributed by atoms with Crippen LogP contribution in [0.1, 0.15) is 35.0 Å². The van der Waals surface area contributed by atoms with Gasteiger partial charge in [-0.3, -0.25) is 9.71 Å². The highest BCUT2D eigenvalue weighted by Crippen LogP contribution is 2.34. The molecular formula is C22H18F4N4O2S. The molecule has 0 spiro atoms. The Kier molecular flexibility index (Phi) is 6.69. The van der Waals surface area contributed by atoms with Gasteiger partial charge < -0.3 is 0 Å². The quantitative estimate of drug-likeness (QED) is 0.446. The molecule has 0 fully saturated rings. The maximum atomic E-state index is 14.5. The Morgan fingerprint density at radius 2 is 1.82 bits per heavy atom. The van der Waals surface area contributed by atoms with Gasteiger partial charge in [0.05, 0.1) is 40.2 Å². The van der Waals surface area contributed by atoms with Crippen molar-refractivity contribution in [3.63, 3.8) is 0 Å². The minimum Gasteiger partial charge on any atom is -0.282 e. The summed E-state index contributed by atoms with van der Waals surface area (Å²) in [7, 11) is -3.55. The molecule has 0 radical (unpaired) electrons. The summed E-state index contributed by atoms with van der Waals surface area (Å²) < 4.78 is 79.5. The molecule has 1 N–H and O–H groups in total. The third kappa shape index (κ3) is 5.84. The van der Waals surface area contributed by atoms with Crippen molar-refractivity contribution in [1.82, 2.24) is 15.0 Å². The number of nitrogens with one attached hydrogen (secondary N) is 1. The maximum absolute atomic E-state index is 14.5. The van der Waals surface area contributed by atoms with Crippen LogP contribution in [0.5, 0.6) is 0 Å². The van der Waals surface area contributed by atoms with Crippen LogP contribution in [-0.4, -0.2) is 29.6 Å². The predicted octanol–water partition coefficient (Wildman–Crippen LogP) is 4.34. The van der Waals surface area contributed by atoms with Crippen LogP contribution in [-0.2, 0) is 22.6 Å². The number of halogens is 4. The first-order chi connectivity index (χ1) is 15.4. The van der Waals surface area contributed by atoms with Crippen LogP contribution < -0.4 is 4.72 Å². The zero-order valence-corrected chi connectivity index (χ0v) is 18.6. The van der Waals surface area contributed by atoms with Gasteiger partial charge in [0.25, 0.3) is 0 Å². The lowest BCUT2D eigenvalue weighted by molar-refractivity contribution is -0.137. The van der Waals surface area contributed by atoms with Crippen LogP contribution in [0.2, 0.25) is 0 Å². The molecule has 11 heteroatoms. The van der Waals surface area contributed by atoms with E-state index in [9.17, 15) is 26.0 Å². The molecule has 0 saturated heterocycles. The SMILES string of the molecule is CCc1ncnc(-c2cc(C(F)(F)F)ccc2F)c1C#Cc1cnc(C)c(NS(C)(=O)=O)c1. The molecule has 0 aliphatic heterocycles. The van der Waals surface area contributed by atoms with Crippen LogP contribution in [0, 0.1) is 24.6 Å². The first-order valence-electron chi connectivity index (χ1n) is 9.56. The Morgan fingerprint density at radius 1 is 1.09 bits per heavy atom. The van der Waals surface area contributed by atoms with Gasteiger partial charge in [0.15, 0.2) is 0 Å². The number of hydrogen-bond donors (Lipinski definition) is 1. The van der Waals surface area contributed by atoms with Crippen LogP contribution in [0.15, 0.2) is 36.8 Å². The van der Waals surface area contributed by atoms with E-state index >= 15 is 0 Å². The molecule has 3 rings (SSSR count). The minimum atomic E-state index is -4.66. The molecule has 33 heavy (non-hydrogen) atoms. The average Bonchev–Trinajstić information content (AvgIpc) is 2.72. The van der Waals surface area contributed by atoms with Gasteiger partial charge in [-0.25, -0.2) is 22.8 Å². The third-order valence-electron chi connectivity index (χ3n) is 4.52. The highest BCUT2D eigenvalue weighted by molar-refractivity contribution is 7.92. The van der Waals surface area contributed by atoms with Gasteiger partial charge in [0.2, 0.25) is 10.0 Å². The second-order valence-corrected chi connectivity index (χ2v) is 8.82. The summed E-state index contributed by atoms with van der Waals surface area (Å²) in [6.07, 6.45) is -0.746. The summed E-state index contributed by atoms with van der Waals surface area (Å²) in [5.41, 5.74) is 0.112. The summed E-state index contributed by atoms with van der Waals surface area (Å²) >= 11 is 0. The van der Waals surface area contributed by atoms with Crippen LogP contribution >= 0.6 is 0 Å². The van der Waals surface area contributed by atoms with Crippen molar-refractivity contribution in [2.75, 3.05) is 11.0 Å². The van der Waals surface area contributed by atoms with Gasteiger partial charge in [-0.2, -0.15) is 13.2 Å². The number of alkyl halides is 3. The lowest BCUT2D eigenvalue weighted by atomic mass is 10.0. The Labute approximate surface area is 188 Å². The highest BCUT2D eigenvalue weighted by Gasteiger charge is 2.31. The Hall–Kier alpha value is -3.52. The molecule has 0 amide bonds. The topological polar surface area (TPSA) is 84.8 Å². The summed E-state index contributed by atoms with van der Waals surface area (Å²) in [5.74, 6) is 4.71. The van der Waals surface area contributed by atoms with Crippen molar-refractivity contribution >= 4 is 15.7 Å². The molecule has 0 aliphatic rings. The summed E-state index contributed by atoms with van der Waals surface area (Å²) in [5, 5.41) is 0. The zero-order chi connectivity index (χ0) is 24.4. The average molecular weight is 478 g/mol. The second kappa shape index (κ2) is 9.15. The van der Waals surface area contributed by atoms with E-state index in [0.29, 0.717) is 35.5 Å². The Bertz CT molecular complexity index is 1380. The fraction of sp³-hybridized carbons (Fsp3) is 0.227. The van der Waals surface area contributed by atoms with E-state index in [0.717, 1.165) is 18.6 Å². The van der Waals surface area contributed by atoms with Crippen molar-refractivity contribution < 1.29 is 26.0 Å². The Balaban J connectivity index is 2.15. The summed E-state index contributed by atoms with van der Waals surface area (Å²) in [4.78, 5) is 12.2. The number of pyridine rings is 1. The van der Waals surface area contributed by atoms with Gasteiger partial charge in [0.1, 0.15) is 12.1 Å². The van der Waals surface area contributed by atoms with Crippen molar-refractivity contribution in [3.8, 4) is 23.1 Å². The molecule has 0 aliphatic carbocycles. The van der Waals surface area contributed by atoms with Crippen LogP contribution in [0.4, 0.5) is 23.2 Å². The summed E-state index contributed by atoms with van der Waals surface area (Å²) in [6.45, 7) is 3.38. The minimum absolute atomic E-state index is 0.0764. The largest absolute Gasteiger partial charge is 0.416 e. The van der Waals surface area contributed by atoms with Crippen molar-refractivity contribution in [3.05, 3.63) is 70.7 Å². The van der Waals surface area contributed by atoms with E-state index in [-0.39, 0.29) is 22.5 Å². The van der Waals surface area contributed by atoms with E-state index in [4.69, 9.17) is 0 Å². The predicted molar refractivity (Wildman–Crippen MR) is 115 cm³/mol. The third-order valence-corrected chi connectivity index (χ3v) is 5.11. The number of aromatic nitrogens is 3. The number of anilines is 1. The van der Waals surface area contributed by atoms with E-state index in [2.05, 4.69) is 31.5 Å². The Morgan fingerprint density at radius 3 is 2.45 bits per heavy atom. The molecule has 2 heterocycles. The van der Waals surface area contributed by atoms with E-state index < -0.39 is 27.6 Å². The number of nitrogens with zero attached hydrogens (tertiary/aromatic N) is 3. The van der Waals surface area contributed by atoms with E-state index in [1.165, 1.54) is 12.3 Å². The first kappa shape index (κ1) is 24.1. The first-order valence-corrected chi connectivity index (χ1v) is 11.5. The molecular weight excluding hydrogens is 460 g/mol. The number of benzene rings is 1. The van der Waals surface area contributed by atoms with Gasteiger partial charge in [0, 0.05) is 17.3 Å². The number of rotatable bonds is 4. The molecule has 2 aromatic heterocycles. The molecule has 0 atom stereocenters. The fourth-order valence-electron chi connectivity index (χ4n) is 2.95. The van der Waals surface area contributed by atoms with E-state index in [1.54, 1.807) is 13.8 Å². The van der Waals surface area contributed by atoms with Gasteiger partial charge >= 0.3 is 6.18 Å². The van der Waals surface area contributed by atoms with Gasteiger partial charge in [-0.15, -0.1) is 0 Å². The molecule has 3 aromatic rings. The van der Waals surface area contributed by atoms with Crippen molar-refractivity contribution in [2.45, 2.75) is 26.4 Å². The molecule has 1 aromatic carbocycles. The number of aryl methyl sites for hydroxylation is 2. The number of hydrogen-bond acceptors (Lipinski definition) is 5. The lowest BCUT2D eigenvalue weighted by Gasteiger charge is -2.12. The molecule has 0 bridgehead atoms. The summed E-state index contributed by atoms with van der Waals surface area (Å²) in [6, 6.07) is 3.54. The van der Waals surface area contributed by atoms with Gasteiger partial charge in [-0.1, -0.05) is 18.8 Å². The van der Waals surface area contributed by atoms with Crippen molar-refractivity contribution in [2.24, 2.45) is 0 Å². The molecule has 6 nitrogen and oxygen atoms in total. The normalized spacial score (nSPS) is 11.6. The highest BCUT2D eigenvalue weighted by atomic mass is 32.2. The molecule has 0 unspecified atom stereocenters. The molecule has 0 saturated carbocycles. The fourth-order valence-corrected chi connectivity index (χ4v) is 3.55. The standard InChI is InChI=1S/C22H18F4N4O2S/c1-4-19-16(7-5-14-9-20(13(2)27-11-14)30-33(3,31)32)21(29-12-28-19)17-10-15(22(24,25)26)6-8-18(17)23/h6,8-12,30H,4H2,1-3H3. The maximum Gasteiger partial charge on any atom is 0.416 e. The van der Waals surface area contributed by atoms with Crippen LogP contribution in [0.3, 0.4) is 0 Å². The van der Waals surface area contributed by atoms with Crippen LogP contribution in [0.25, 0.3) is 11.3 Å². The zero-order valence-electron chi connectivity index (χ0n) is 17.7. The monoisotopic (exact) mass is 478 g/mol. The van der Waals surface area contributed by atoms with Crippen molar-refractivity contribution in [1.29, 1.82) is 0 Å². The lowest BCUT2D eigenvalue weighted by Crippen LogP contribution is -2.11. The van der Waals surface area contributed by atoms with Gasteiger partial charge in [-0.05, 0) is 37.6 Å². The number of sulfonamides is 1.